The van der Waals surface area contributed by atoms with Crippen molar-refractivity contribution in [3.63, 3.8) is 0 Å². The average molecular weight is 2060 g/mol. The van der Waals surface area contributed by atoms with Crippen LogP contribution < -0.4 is 26.6 Å². The largest absolute Gasteiger partial charge is 0.477 e. The van der Waals surface area contributed by atoms with Crippen LogP contribution in [0.25, 0.3) is 0 Å². The normalized spacial score (nSPS) is 48.3. The van der Waals surface area contributed by atoms with Crippen molar-refractivity contribution in [2.45, 2.75) is 398 Å². The third-order valence-corrected chi connectivity index (χ3v) is 25.9. The van der Waals surface area contributed by atoms with Gasteiger partial charge in [-0.15, -0.1) is 0 Å². The zero-order chi connectivity index (χ0) is 104. The molecule has 0 unspecified atom stereocenters. The molecule has 141 heavy (non-hydrogen) atoms. The van der Waals surface area contributed by atoms with Gasteiger partial charge < -0.3 is 279 Å². The van der Waals surface area contributed by atoms with E-state index in [1.54, 1.807) is 0 Å². The van der Waals surface area contributed by atoms with Crippen LogP contribution in [0.15, 0.2) is 0 Å². The Kier molecular flexibility index (Phi) is 41.1. The summed E-state index contributed by atoms with van der Waals surface area (Å²) in [5, 5.41) is 350. The van der Waals surface area contributed by atoms with Crippen molar-refractivity contribution in [3.8, 4) is 0 Å². The zero-order valence-electron chi connectivity index (χ0n) is 76.3. The van der Waals surface area contributed by atoms with Crippen molar-refractivity contribution >= 4 is 35.5 Å². The quantitative estimate of drug-likeness (QED) is 0.0275. The van der Waals surface area contributed by atoms with Crippen LogP contribution in [0, 0.1) is 0 Å². The Bertz CT molecular complexity index is 3990. The number of carboxylic acid groups (broad SMARTS) is 1. The molecule has 0 radical (unpaired) electrons. The van der Waals surface area contributed by atoms with Gasteiger partial charge in [0.15, 0.2) is 62.9 Å². The molecule has 0 aromatic rings. The van der Waals surface area contributed by atoms with Gasteiger partial charge >= 0.3 is 5.97 Å². The van der Waals surface area contributed by atoms with Gasteiger partial charge in [0.25, 0.3) is 5.79 Å². The second kappa shape index (κ2) is 50.0. The molecule has 11 rings (SSSR count). The summed E-state index contributed by atoms with van der Waals surface area (Å²) in [5.74, 6) is -10.8. The predicted molar refractivity (Wildman–Crippen MR) is 435 cm³/mol. The molecule has 0 bridgehead atoms. The van der Waals surface area contributed by atoms with E-state index in [0.717, 1.165) is 34.6 Å². The molecule has 5 amide bonds. The molecular weight excluding hydrogens is 1930 g/mol. The maximum Gasteiger partial charge on any atom is 0.364 e. The number of amides is 5. The van der Waals surface area contributed by atoms with E-state index in [4.69, 9.17) is 99.5 Å². The van der Waals surface area contributed by atoms with Gasteiger partial charge in [-0.1, -0.05) is 0 Å². The minimum absolute atomic E-state index is 0.846. The summed E-state index contributed by atoms with van der Waals surface area (Å²) in [4.78, 5) is 79.3. The van der Waals surface area contributed by atoms with E-state index >= 15 is 0 Å². The van der Waals surface area contributed by atoms with Gasteiger partial charge in [0, 0.05) is 41.0 Å². The molecule has 11 fully saturated rings. The summed E-state index contributed by atoms with van der Waals surface area (Å²) >= 11 is 0. The number of hydrogen-bond donors (Lipinski definition) is 35. The van der Waals surface area contributed by atoms with Crippen LogP contribution in [0.3, 0.4) is 0 Å². The Morgan fingerprint density at radius 1 is 0.305 bits per heavy atom. The monoisotopic (exact) mass is 2060 g/mol. The maximum absolute atomic E-state index is 13.8. The number of aliphatic hydroxyl groups is 29. The van der Waals surface area contributed by atoms with E-state index in [-0.39, 0.29) is 0 Å². The number of carbonyl (C=O) groups is 6. The summed E-state index contributed by atoms with van der Waals surface area (Å²) in [6.07, 6.45) is -110. The van der Waals surface area contributed by atoms with E-state index in [1.807, 2.05) is 0 Å². The molecule has 814 valence electrons. The first kappa shape index (κ1) is 116. The fourth-order valence-electron chi connectivity index (χ4n) is 18.4. The highest BCUT2D eigenvalue weighted by Crippen LogP contribution is 2.45. The minimum Gasteiger partial charge on any atom is -0.477 e. The Morgan fingerprint density at radius 3 is 1.09 bits per heavy atom. The van der Waals surface area contributed by atoms with Crippen LogP contribution >= 0.6 is 0 Å². The fourth-order valence-corrected chi connectivity index (χ4v) is 18.4. The third-order valence-electron chi connectivity index (χ3n) is 25.9. The Balaban J connectivity index is 0.913. The van der Waals surface area contributed by atoms with Gasteiger partial charge in [-0.3, -0.25) is 24.0 Å². The lowest BCUT2D eigenvalue weighted by Gasteiger charge is -2.52. The predicted octanol–water partition coefficient (Wildman–Crippen LogP) is -23.0. The first-order valence-electron chi connectivity index (χ1n) is 45.0. The molecule has 56 atom stereocenters. The van der Waals surface area contributed by atoms with Crippen LogP contribution in [0.2, 0.25) is 0 Å². The van der Waals surface area contributed by atoms with Crippen molar-refractivity contribution in [2.75, 3.05) is 59.5 Å². The molecule has 11 saturated heterocycles. The van der Waals surface area contributed by atoms with Gasteiger partial charge in [-0.2, -0.15) is 0 Å². The minimum atomic E-state index is -3.58. The van der Waals surface area contributed by atoms with Gasteiger partial charge in [-0.05, 0) is 13.8 Å². The number of carboxylic acids is 1. The van der Waals surface area contributed by atoms with Crippen molar-refractivity contribution in [1.29, 1.82) is 0 Å². The number of aliphatic carboxylic acids is 1. The smallest absolute Gasteiger partial charge is 0.364 e. The molecule has 0 aromatic heterocycles. The number of ether oxygens (including phenoxy) is 21. The van der Waals surface area contributed by atoms with Crippen molar-refractivity contribution in [1.82, 2.24) is 26.6 Å². The highest BCUT2D eigenvalue weighted by atomic mass is 16.8. The SMILES string of the molecule is CC(=O)N[C@@H]1[C@@H](O[C@@H]2O[C@H](CO)[C@H](O[C@@H]3O[C@H](CO)[C@H](O[C@H]4O[C@H](CO)[C@@H](O)[C@H](O)[C@H]4NC(C)=O)[C@H](O)[C@H]3O)[C@H](O[C@]3(C(=O)O)C[C@H](O)[C@@H](O)[C@H]([C@H](O)[C@H](O)CO)O3)[C@H]2O)[C@@H](O)[C@@H](CO[C@@H]2O[C@H](CO)[C@@H](O[C@@H]3O[C@@H](C)[C@@H](O)[C@@H](O)[C@@H]3O)[C@H](O[C@@H]3O[C@H](CO)[C@@H](O[C@@H]4O[C@H](CO)[C@H](O[C@H]5O[C@H](CO)[C@@H](O)[C@H](O)[C@H]5NC(C)=O)[C@H](O)[C@H]4O[C@@H]4O[C@@H](C)[C@@H](O)[C@@H](O)[C@@H]4O)[C@H](O)[C@H]3NC(C)=O)[C@H]2NC(C)=O)O[C@@H]1O. The molecule has 0 spiro atoms. The number of carbonyl (C=O) groups excluding carboxylic acids is 5. The summed E-state index contributed by atoms with van der Waals surface area (Å²) in [7, 11) is 0. The second-order valence-electron chi connectivity index (χ2n) is 35.9. The topological polar surface area (TPSA) is 963 Å². The first-order chi connectivity index (χ1) is 66.5. The lowest BCUT2D eigenvalue weighted by Crippen LogP contribution is -2.72. The Morgan fingerprint density at radius 2 is 0.645 bits per heavy atom. The molecule has 0 aliphatic carbocycles. The molecule has 35 N–H and O–H groups in total. The molecule has 11 heterocycles. The molecule has 11 aliphatic heterocycles. The molecule has 62 heteroatoms. The fraction of sp³-hybridized carbons (Fsp3) is 0.924. The molecule has 62 nitrogen and oxygen atoms in total. The van der Waals surface area contributed by atoms with Gasteiger partial charge in [-0.25, -0.2) is 4.79 Å². The molecule has 0 aromatic carbocycles. The van der Waals surface area contributed by atoms with E-state index in [1.165, 1.54) is 13.8 Å². The Hall–Kier alpha value is -5.18. The zero-order valence-corrected chi connectivity index (χ0v) is 76.3. The lowest BCUT2D eigenvalue weighted by atomic mass is 9.90. The number of aliphatic hydroxyl groups excluding tert-OH is 29. The van der Waals surface area contributed by atoms with Crippen LogP contribution in [-0.2, 0) is 128 Å². The third kappa shape index (κ3) is 25.6. The van der Waals surface area contributed by atoms with Crippen molar-refractivity contribution < 1.29 is 281 Å². The summed E-state index contributed by atoms with van der Waals surface area (Å²) in [5.41, 5.74) is 0. The second-order valence-corrected chi connectivity index (χ2v) is 35.9. The number of hydrogen-bond acceptors (Lipinski definition) is 56. The van der Waals surface area contributed by atoms with Crippen LogP contribution in [0.4, 0.5) is 0 Å². The summed E-state index contributed by atoms with van der Waals surface area (Å²) in [6, 6.07) is -9.81. The molecule has 0 saturated carbocycles. The van der Waals surface area contributed by atoms with Gasteiger partial charge in [0.1, 0.15) is 256 Å². The van der Waals surface area contributed by atoms with Crippen molar-refractivity contribution in [3.05, 3.63) is 0 Å². The lowest BCUT2D eigenvalue weighted by molar-refractivity contribution is -0.407. The molecule has 11 aliphatic rings. The van der Waals surface area contributed by atoms with E-state index in [9.17, 15) is 182 Å². The summed E-state index contributed by atoms with van der Waals surface area (Å²) in [6.45, 7) is -3.96. The van der Waals surface area contributed by atoms with E-state index in [2.05, 4.69) is 26.6 Å². The summed E-state index contributed by atoms with van der Waals surface area (Å²) < 4.78 is 127. The van der Waals surface area contributed by atoms with Gasteiger partial charge in [0.05, 0.1) is 77.8 Å². The standard InChI is InChI=1S/C79H131N5O57/c1-18-40(100)50(110)53(113)73(122-18)135-61-32(15-91)127-69(39(84-24(7)97)64(61)138-72-37(82-22(5)95)49(109)58(29(12-88)128-72)134-77-67(139-74-54(114)51(111)41(101)19(2)123-74)56(116)60(31(14-90)131-77)133-71-36(81-21(4)94)48(108)45(105)28(11-87)126-71)121-17-34-46(106)63(38(68(118)124-34)83-23(6)96)137-76-57(117)66(141-79(78(119)120)8-25(98)42(102)65(140-79)43(103)26(99)9-85)62(33(16-92)130-76)136-75-55(115)52(112)59(30(13-89)129-75)132-70-35(80-20(3)93)47(107)44(104)27(10-86)125-70/h18-19,25-77,85-92,98-118H,8-17H2,1-7H3,(H,80,93)(H,81,94)(H,82,95)(H,83,96)(H,84,97)(H,119,120)/t18-,19-,25-,26+,27+,28+,29+,30+,31+,32+,33+,34+,35+,36+,37+,38+,39+,40+,41+,42+,43+,44+,45+,46-,47+,48+,49+,50+,51+,52+,53-,54-,55+,56-,57+,58+,59-,60-,61+,62-,63+,64+,65+,66+,67+,68-,69+,70+,71+,72-,73-,74-,75-,76-,77-,79-/m0/s1. The highest BCUT2D eigenvalue weighted by Gasteiger charge is 2.66. The average Bonchev–Trinajstić information content (AvgIpc) is 0.820. The molecular formula is C79H131N5O57. The first-order valence-corrected chi connectivity index (χ1v) is 45.0. The highest BCUT2D eigenvalue weighted by molar-refractivity contribution is 5.76. The van der Waals surface area contributed by atoms with Crippen LogP contribution in [-0.4, -0.2) is 591 Å². The Labute approximate surface area is 798 Å². The van der Waals surface area contributed by atoms with Gasteiger partial charge in [0.2, 0.25) is 29.5 Å². The van der Waals surface area contributed by atoms with E-state index in [0.29, 0.717) is 0 Å². The number of rotatable bonds is 37. The van der Waals surface area contributed by atoms with Crippen molar-refractivity contribution in [2.24, 2.45) is 0 Å². The van der Waals surface area contributed by atoms with Crippen LogP contribution in [0.1, 0.15) is 54.9 Å². The van der Waals surface area contributed by atoms with Crippen LogP contribution in [0.5, 0.6) is 0 Å². The number of nitrogens with one attached hydrogen (secondary N) is 5. The maximum atomic E-state index is 13.8. The van der Waals surface area contributed by atoms with E-state index < -0.39 is 444 Å².